The number of hydrogen-bond acceptors (Lipinski definition) is 18. The molecule has 0 aliphatic carbocycles. The number of H-pyrrole nitrogens is 1. The number of nitriles is 1. The molecule has 0 bridgehead atoms. The van der Waals surface area contributed by atoms with Crippen LogP contribution >= 0.6 is 15.0 Å². The number of carbonyl (C=O) groups is 2. The number of nitrogens with zero attached hydrogens (tertiary/aromatic N) is 8. The molecule has 2 fully saturated rings. The first kappa shape index (κ1) is 45.1. The molecule has 2 aliphatic rings. The smallest absolute Gasteiger partial charge is 0.327 e. The van der Waals surface area contributed by atoms with Crippen LogP contribution in [0.4, 0.5) is 16.2 Å². The number of aliphatic hydroxyl groups is 1. The van der Waals surface area contributed by atoms with Gasteiger partial charge in [-0.3, -0.25) is 38.4 Å². The summed E-state index contributed by atoms with van der Waals surface area (Å²) in [6.07, 6.45) is -6.59. The van der Waals surface area contributed by atoms with E-state index in [9.17, 15) is 34.2 Å². The Kier molecular flexibility index (Phi) is 14.0. The van der Waals surface area contributed by atoms with Gasteiger partial charge in [-0.05, 0) is 23.9 Å². The predicted molar refractivity (Wildman–Crippen MR) is 218 cm³/mol. The number of carbonyl (C=O) groups excluding carboxylic acids is 2. The van der Waals surface area contributed by atoms with Gasteiger partial charge in [0.2, 0.25) is 11.9 Å². The number of amides is 2. The topological polar surface area (TPSA) is 302 Å². The van der Waals surface area contributed by atoms with Gasteiger partial charge in [0, 0.05) is 17.4 Å². The van der Waals surface area contributed by atoms with Gasteiger partial charge in [-0.2, -0.15) is 10.2 Å². The number of imidazole rings is 2. The third-order valence-corrected chi connectivity index (χ3v) is 12.7. The highest BCUT2D eigenvalue weighted by Crippen LogP contribution is 2.56. The van der Waals surface area contributed by atoms with Gasteiger partial charge in [0.15, 0.2) is 46.8 Å². The summed E-state index contributed by atoms with van der Waals surface area (Å²) in [6.45, 7) is -0.438. The fraction of sp³-hybridized carbons (Fsp3) is 0.457. The molecule has 0 spiro atoms. The van der Waals surface area contributed by atoms with E-state index in [1.54, 1.807) is 51.1 Å². The van der Waals surface area contributed by atoms with Crippen molar-refractivity contribution in [1.29, 1.82) is 5.26 Å². The molecule has 2 aliphatic heterocycles. The molecule has 5 N–H and O–H groups in total. The maximum Gasteiger partial charge on any atom is 0.327 e. The van der Waals surface area contributed by atoms with Crippen molar-refractivity contribution in [2.75, 3.05) is 30.5 Å². The standard InChI is InChI=1S/C35H40FN11O12P2S/c1-17(2)30(49)44-35-43-29-24(32(51)45-35)41-16-47(29)34-25(18(3)20(12-48)56-34)59-61(62,54-11-7-10-37)55-13-21-26(58-60(52)53)22(36)33(57-21)46-15-40-23-27(38-14-39-28(23)46)42-31(50)19-8-5-4-6-9-19/h4-6,8-9,14-18,20-22,25-26,33-34,48,60H,7,11-13H2,1-3H3,(H,52,53)(H,38,39,42,50)(H2,43,44,45,49,51). The van der Waals surface area contributed by atoms with E-state index in [2.05, 4.69) is 40.5 Å². The van der Waals surface area contributed by atoms with Crippen molar-refractivity contribution in [3.8, 4) is 6.07 Å². The Hall–Kier alpha value is -4.96. The van der Waals surface area contributed by atoms with Crippen molar-refractivity contribution in [3.63, 3.8) is 0 Å². The number of fused-ring (bicyclic) bond motifs is 2. The van der Waals surface area contributed by atoms with E-state index >= 15 is 4.39 Å². The lowest BCUT2D eigenvalue weighted by Gasteiger charge is -2.30. The number of rotatable bonds is 17. The van der Waals surface area contributed by atoms with Crippen LogP contribution in [0.2, 0.25) is 0 Å². The number of ether oxygens (including phenoxy) is 2. The van der Waals surface area contributed by atoms with Crippen molar-refractivity contribution < 1.29 is 56.1 Å². The SMILES string of the molecule is CC(C)C(=O)Nc1nc2c(ncn2C2OC(CO)C(C)C2OP(=S)(OCCC#N)OCC2OC(n3cnc4c(NC(=O)c5ccccc5)ncnc43)C(F)C2O[PH](=O)O)c(=O)[nH]1. The van der Waals surface area contributed by atoms with E-state index in [0.717, 1.165) is 6.33 Å². The normalized spacial score (nSPS) is 25.2. The van der Waals surface area contributed by atoms with Crippen LogP contribution in [0.15, 0.2) is 54.1 Å². The van der Waals surface area contributed by atoms with Crippen LogP contribution in [0, 0.1) is 23.2 Å². The predicted octanol–water partition coefficient (Wildman–Crippen LogP) is 2.89. The average Bonchev–Trinajstić information content (AvgIpc) is 4.02. The summed E-state index contributed by atoms with van der Waals surface area (Å²) in [6, 6.07) is 10.3. The van der Waals surface area contributed by atoms with Gasteiger partial charge in [0.1, 0.15) is 24.6 Å². The molecule has 62 heavy (non-hydrogen) atoms. The van der Waals surface area contributed by atoms with Crippen molar-refractivity contribution in [2.24, 2.45) is 11.8 Å². The van der Waals surface area contributed by atoms with Crippen molar-refractivity contribution in [2.45, 2.75) is 70.2 Å². The molecule has 10 unspecified atom stereocenters. The maximum absolute atomic E-state index is 16.4. The molecule has 6 heterocycles. The Labute approximate surface area is 356 Å². The number of nitrogens with one attached hydrogen (secondary N) is 3. The highest BCUT2D eigenvalue weighted by atomic mass is 32.5. The fourth-order valence-electron chi connectivity index (χ4n) is 6.69. The van der Waals surface area contributed by atoms with Crippen LogP contribution in [-0.4, -0.2) is 111 Å². The summed E-state index contributed by atoms with van der Waals surface area (Å²) < 4.78 is 66.7. The first-order chi connectivity index (χ1) is 29.7. The lowest BCUT2D eigenvalue weighted by molar-refractivity contribution is -0.118. The zero-order valence-electron chi connectivity index (χ0n) is 32.9. The van der Waals surface area contributed by atoms with Crippen LogP contribution in [0.5, 0.6) is 0 Å². The highest BCUT2D eigenvalue weighted by molar-refractivity contribution is 8.07. The second-order valence-electron chi connectivity index (χ2n) is 14.3. The van der Waals surface area contributed by atoms with Gasteiger partial charge >= 0.3 is 15.0 Å². The monoisotopic (exact) mass is 919 g/mol. The van der Waals surface area contributed by atoms with E-state index in [-0.39, 0.29) is 47.1 Å². The zero-order chi connectivity index (χ0) is 44.3. The minimum Gasteiger partial charge on any atom is -0.394 e. The number of benzene rings is 1. The Bertz CT molecular complexity index is 2610. The molecule has 2 saturated heterocycles. The number of aromatic amines is 1. The maximum atomic E-state index is 16.4. The Morgan fingerprint density at radius 1 is 1.05 bits per heavy atom. The third-order valence-electron chi connectivity index (χ3n) is 9.87. The quantitative estimate of drug-likeness (QED) is 0.0661. The van der Waals surface area contributed by atoms with Crippen LogP contribution in [-0.2, 0) is 48.7 Å². The van der Waals surface area contributed by atoms with Crippen molar-refractivity contribution in [1.82, 2.24) is 39.0 Å². The molecular formula is C35H40FN11O12P2S. The molecule has 0 saturated carbocycles. The number of halogens is 1. The summed E-state index contributed by atoms with van der Waals surface area (Å²) in [4.78, 5) is 71.8. The second kappa shape index (κ2) is 19.2. The Balaban J connectivity index is 1.15. The first-order valence-electron chi connectivity index (χ1n) is 18.9. The number of hydrogen-bond donors (Lipinski definition) is 5. The number of aromatic nitrogens is 8. The lowest BCUT2D eigenvalue weighted by atomic mass is 10.0. The van der Waals surface area contributed by atoms with Crippen molar-refractivity contribution in [3.05, 3.63) is 65.2 Å². The van der Waals surface area contributed by atoms with E-state index in [0.29, 0.717) is 5.56 Å². The third kappa shape index (κ3) is 9.51. The lowest BCUT2D eigenvalue weighted by Crippen LogP contribution is -2.33. The largest absolute Gasteiger partial charge is 0.394 e. The Morgan fingerprint density at radius 2 is 1.76 bits per heavy atom. The minimum absolute atomic E-state index is 0.0154. The van der Waals surface area contributed by atoms with E-state index in [4.69, 9.17) is 39.4 Å². The van der Waals surface area contributed by atoms with Gasteiger partial charge in [-0.25, -0.2) is 24.3 Å². The molecule has 10 atom stereocenters. The molecule has 1 aromatic carbocycles. The Morgan fingerprint density at radius 3 is 2.45 bits per heavy atom. The summed E-state index contributed by atoms with van der Waals surface area (Å²) in [5, 5.41) is 24.7. The zero-order valence-corrected chi connectivity index (χ0v) is 35.6. The first-order valence-corrected chi connectivity index (χ1v) is 22.7. The van der Waals surface area contributed by atoms with Gasteiger partial charge < -0.3 is 42.9 Å². The summed E-state index contributed by atoms with van der Waals surface area (Å²) >= 11 is 5.83. The molecule has 0 radical (unpaired) electrons. The molecule has 4 aromatic heterocycles. The molecule has 2 amide bonds. The minimum atomic E-state index is -4.05. The van der Waals surface area contributed by atoms with Crippen LogP contribution in [0.1, 0.15) is 50.0 Å². The van der Waals surface area contributed by atoms with Gasteiger partial charge in [-0.1, -0.05) is 39.0 Å². The van der Waals surface area contributed by atoms with Crippen LogP contribution in [0.3, 0.4) is 0 Å². The van der Waals surface area contributed by atoms with E-state index in [1.807, 2.05) is 6.07 Å². The van der Waals surface area contributed by atoms with Crippen molar-refractivity contribution >= 4 is 72.7 Å². The van der Waals surface area contributed by atoms with Crippen LogP contribution in [0.25, 0.3) is 22.3 Å². The van der Waals surface area contributed by atoms with Crippen LogP contribution < -0.4 is 16.2 Å². The fourth-order valence-corrected chi connectivity index (χ4v) is 9.34. The molecule has 5 aromatic rings. The molecule has 27 heteroatoms. The van der Waals surface area contributed by atoms with Gasteiger partial charge in [-0.15, -0.1) is 0 Å². The summed E-state index contributed by atoms with van der Waals surface area (Å²) in [5.74, 6) is -2.13. The molecule has 23 nitrogen and oxygen atoms in total. The number of anilines is 2. The average molecular weight is 920 g/mol. The molecule has 330 valence electrons. The highest BCUT2D eigenvalue weighted by Gasteiger charge is 2.51. The number of alkyl halides is 1. The van der Waals surface area contributed by atoms with Gasteiger partial charge in [0.05, 0.1) is 51.1 Å². The summed E-state index contributed by atoms with van der Waals surface area (Å²) in [5.41, 5.74) is -0.324. The molecule has 7 rings (SSSR count). The second-order valence-corrected chi connectivity index (χ2v) is 18.0. The number of aliphatic hydroxyl groups excluding tert-OH is 1. The van der Waals surface area contributed by atoms with E-state index in [1.165, 1.54) is 21.8 Å². The molecular weight excluding hydrogens is 879 g/mol. The van der Waals surface area contributed by atoms with Gasteiger partial charge in [0.25, 0.3) is 11.5 Å². The van der Waals surface area contributed by atoms with E-state index < -0.39 is 100 Å². The summed E-state index contributed by atoms with van der Waals surface area (Å²) in [7, 11) is -3.78.